The molecular weight excluding hydrogens is 418 g/mol. The number of ketones is 1. The van der Waals surface area contributed by atoms with Crippen LogP contribution in [0.3, 0.4) is 0 Å². The number of benzene rings is 1. The molecule has 1 atom stereocenters. The fourth-order valence-electron chi connectivity index (χ4n) is 3.64. The standard InChI is InChI=1S/C23H26ClN3O4/c1-4-31-18-7-6-16(14-17(18)24)21(28)19-20(15-8-10-25-11-9-15)27(23(30)22(19)29)13-5-12-26(2)3/h6-11,14,20,28H,4-5,12-13H2,1-3H3/t20-/m0/s1. The van der Waals surface area contributed by atoms with Crippen molar-refractivity contribution in [1.82, 2.24) is 14.8 Å². The Morgan fingerprint density at radius 1 is 1.23 bits per heavy atom. The fourth-order valence-corrected chi connectivity index (χ4v) is 3.87. The monoisotopic (exact) mass is 443 g/mol. The lowest BCUT2D eigenvalue weighted by Crippen LogP contribution is -2.32. The summed E-state index contributed by atoms with van der Waals surface area (Å²) in [6.07, 6.45) is 3.89. The number of carbonyl (C=O) groups is 2. The molecule has 164 valence electrons. The minimum absolute atomic E-state index is 0.0429. The predicted molar refractivity (Wildman–Crippen MR) is 119 cm³/mol. The molecular formula is C23H26ClN3O4. The molecule has 31 heavy (non-hydrogen) atoms. The molecule has 0 aliphatic carbocycles. The average molecular weight is 444 g/mol. The van der Waals surface area contributed by atoms with E-state index in [1.165, 1.54) is 11.0 Å². The molecule has 0 radical (unpaired) electrons. The minimum Gasteiger partial charge on any atom is -0.507 e. The highest BCUT2D eigenvalue weighted by Crippen LogP contribution is 2.40. The van der Waals surface area contributed by atoms with Crippen molar-refractivity contribution in [2.75, 3.05) is 33.8 Å². The number of rotatable bonds is 8. The second-order valence-electron chi connectivity index (χ2n) is 7.51. The molecule has 0 bridgehead atoms. The Kier molecular flexibility index (Phi) is 7.30. The van der Waals surface area contributed by atoms with Crippen LogP contribution in [0, 0.1) is 0 Å². The number of hydrogen-bond acceptors (Lipinski definition) is 6. The number of carbonyl (C=O) groups excluding carboxylic acids is 2. The average Bonchev–Trinajstić information content (AvgIpc) is 3.00. The second-order valence-corrected chi connectivity index (χ2v) is 7.92. The molecule has 2 aromatic rings. The molecule has 1 saturated heterocycles. The lowest BCUT2D eigenvalue weighted by atomic mass is 9.96. The Hall–Kier alpha value is -2.90. The number of hydrogen-bond donors (Lipinski definition) is 1. The fraction of sp³-hybridized carbons (Fsp3) is 0.348. The van der Waals surface area contributed by atoms with E-state index in [9.17, 15) is 14.7 Å². The van der Waals surface area contributed by atoms with Gasteiger partial charge in [0.25, 0.3) is 11.7 Å². The van der Waals surface area contributed by atoms with Crippen LogP contribution in [0.15, 0.2) is 48.3 Å². The molecule has 1 amide bonds. The molecule has 0 spiro atoms. The van der Waals surface area contributed by atoms with Gasteiger partial charge in [0.05, 0.1) is 23.2 Å². The third-order valence-corrected chi connectivity index (χ3v) is 5.37. The SMILES string of the molecule is CCOc1ccc(C(O)=C2C(=O)C(=O)N(CCCN(C)C)[C@H]2c2ccncc2)cc1Cl. The molecule has 1 aliphatic heterocycles. The van der Waals surface area contributed by atoms with Gasteiger partial charge in [0.1, 0.15) is 11.5 Å². The van der Waals surface area contributed by atoms with Crippen molar-refractivity contribution < 1.29 is 19.4 Å². The van der Waals surface area contributed by atoms with Crippen molar-refractivity contribution in [1.29, 1.82) is 0 Å². The first-order valence-electron chi connectivity index (χ1n) is 10.1. The maximum absolute atomic E-state index is 13.0. The summed E-state index contributed by atoms with van der Waals surface area (Å²) in [5, 5.41) is 11.4. The van der Waals surface area contributed by atoms with Crippen LogP contribution >= 0.6 is 11.6 Å². The summed E-state index contributed by atoms with van der Waals surface area (Å²) in [6, 6.07) is 7.58. The summed E-state index contributed by atoms with van der Waals surface area (Å²) in [5.41, 5.74) is 1.10. The van der Waals surface area contributed by atoms with E-state index in [0.29, 0.717) is 41.5 Å². The smallest absolute Gasteiger partial charge is 0.295 e. The number of nitrogens with zero attached hydrogens (tertiary/aromatic N) is 3. The molecule has 0 saturated carbocycles. The molecule has 1 aromatic heterocycles. The summed E-state index contributed by atoms with van der Waals surface area (Å²) in [5.74, 6) is -1.12. The Bertz CT molecular complexity index is 992. The normalized spacial score (nSPS) is 18.1. The molecule has 3 rings (SSSR count). The number of amides is 1. The number of aliphatic hydroxyl groups excluding tert-OH is 1. The van der Waals surface area contributed by atoms with Gasteiger partial charge in [0, 0.05) is 24.5 Å². The van der Waals surface area contributed by atoms with Gasteiger partial charge in [-0.2, -0.15) is 0 Å². The van der Waals surface area contributed by atoms with E-state index < -0.39 is 17.7 Å². The van der Waals surface area contributed by atoms with E-state index in [1.807, 2.05) is 25.9 Å². The molecule has 2 heterocycles. The summed E-state index contributed by atoms with van der Waals surface area (Å²) in [4.78, 5) is 33.4. The van der Waals surface area contributed by atoms with Gasteiger partial charge in [-0.05, 0) is 69.9 Å². The van der Waals surface area contributed by atoms with E-state index in [4.69, 9.17) is 16.3 Å². The summed E-state index contributed by atoms with van der Waals surface area (Å²) in [7, 11) is 3.90. The number of likely N-dealkylation sites (tertiary alicyclic amines) is 1. The largest absolute Gasteiger partial charge is 0.507 e. The Labute approximate surface area is 186 Å². The molecule has 1 aromatic carbocycles. The summed E-state index contributed by atoms with van der Waals surface area (Å²) in [6.45, 7) is 3.44. The third-order valence-electron chi connectivity index (χ3n) is 5.07. The molecule has 8 heteroatoms. The van der Waals surface area contributed by atoms with Crippen molar-refractivity contribution in [2.45, 2.75) is 19.4 Å². The van der Waals surface area contributed by atoms with Gasteiger partial charge in [-0.15, -0.1) is 0 Å². The molecule has 1 fully saturated rings. The maximum atomic E-state index is 13.0. The number of aliphatic hydroxyl groups is 1. The minimum atomic E-state index is -0.714. The van der Waals surface area contributed by atoms with Crippen molar-refractivity contribution >= 4 is 29.1 Å². The third kappa shape index (κ3) is 4.89. The zero-order valence-electron chi connectivity index (χ0n) is 17.8. The number of pyridine rings is 1. The van der Waals surface area contributed by atoms with Gasteiger partial charge in [-0.3, -0.25) is 14.6 Å². The van der Waals surface area contributed by atoms with Gasteiger partial charge in [0.2, 0.25) is 0 Å². The van der Waals surface area contributed by atoms with Crippen LogP contribution < -0.4 is 4.74 Å². The van der Waals surface area contributed by atoms with Gasteiger partial charge in [0.15, 0.2) is 0 Å². The van der Waals surface area contributed by atoms with E-state index in [2.05, 4.69) is 4.98 Å². The first kappa shape index (κ1) is 22.8. The van der Waals surface area contributed by atoms with Crippen LogP contribution in [0.25, 0.3) is 5.76 Å². The summed E-state index contributed by atoms with van der Waals surface area (Å²) < 4.78 is 5.44. The zero-order chi connectivity index (χ0) is 22.5. The first-order chi connectivity index (χ1) is 14.8. The first-order valence-corrected chi connectivity index (χ1v) is 10.5. The van der Waals surface area contributed by atoms with Crippen LogP contribution in [0.1, 0.15) is 30.5 Å². The Balaban J connectivity index is 2.06. The van der Waals surface area contributed by atoms with E-state index >= 15 is 0 Å². The van der Waals surface area contributed by atoms with E-state index in [-0.39, 0.29) is 11.3 Å². The topological polar surface area (TPSA) is 83.0 Å². The molecule has 7 nitrogen and oxygen atoms in total. The van der Waals surface area contributed by atoms with Crippen LogP contribution in [-0.2, 0) is 9.59 Å². The Morgan fingerprint density at radius 3 is 2.55 bits per heavy atom. The highest BCUT2D eigenvalue weighted by atomic mass is 35.5. The molecule has 1 aliphatic rings. The molecule has 0 unspecified atom stereocenters. The van der Waals surface area contributed by atoms with Gasteiger partial charge >= 0.3 is 0 Å². The van der Waals surface area contributed by atoms with Crippen molar-refractivity contribution in [2.24, 2.45) is 0 Å². The highest BCUT2D eigenvalue weighted by Gasteiger charge is 2.45. The van der Waals surface area contributed by atoms with E-state index in [0.717, 1.165) is 6.54 Å². The second kappa shape index (κ2) is 9.94. The molecule has 1 N–H and O–H groups in total. The van der Waals surface area contributed by atoms with Crippen molar-refractivity contribution in [3.63, 3.8) is 0 Å². The number of halogens is 1. The van der Waals surface area contributed by atoms with Gasteiger partial charge in [-0.25, -0.2) is 0 Å². The number of ether oxygens (including phenoxy) is 1. The Morgan fingerprint density at radius 2 is 1.94 bits per heavy atom. The number of Topliss-reactive ketones (excluding diaryl/α,β-unsaturated/α-hetero) is 1. The lowest BCUT2D eigenvalue weighted by molar-refractivity contribution is -0.139. The zero-order valence-corrected chi connectivity index (χ0v) is 18.6. The predicted octanol–water partition coefficient (Wildman–Crippen LogP) is 3.51. The van der Waals surface area contributed by atoms with Crippen LogP contribution in [-0.4, -0.2) is 65.4 Å². The number of aromatic nitrogens is 1. The maximum Gasteiger partial charge on any atom is 0.295 e. The van der Waals surface area contributed by atoms with Gasteiger partial charge in [-0.1, -0.05) is 11.6 Å². The van der Waals surface area contributed by atoms with Crippen LogP contribution in [0.5, 0.6) is 5.75 Å². The lowest BCUT2D eigenvalue weighted by Gasteiger charge is -2.25. The van der Waals surface area contributed by atoms with Crippen LogP contribution in [0.4, 0.5) is 0 Å². The van der Waals surface area contributed by atoms with Crippen LogP contribution in [0.2, 0.25) is 5.02 Å². The van der Waals surface area contributed by atoms with Gasteiger partial charge < -0.3 is 19.6 Å². The quantitative estimate of drug-likeness (QED) is 0.382. The van der Waals surface area contributed by atoms with Crippen molar-refractivity contribution in [3.8, 4) is 5.75 Å². The van der Waals surface area contributed by atoms with Crippen molar-refractivity contribution in [3.05, 3.63) is 64.4 Å². The highest BCUT2D eigenvalue weighted by molar-refractivity contribution is 6.46. The summed E-state index contributed by atoms with van der Waals surface area (Å²) >= 11 is 6.27. The van der Waals surface area contributed by atoms with E-state index in [1.54, 1.807) is 36.7 Å².